The van der Waals surface area contributed by atoms with Gasteiger partial charge in [0.2, 0.25) is 5.91 Å². The first-order valence-corrected chi connectivity index (χ1v) is 7.28. The van der Waals surface area contributed by atoms with Crippen molar-refractivity contribution in [3.05, 3.63) is 10.6 Å². The van der Waals surface area contributed by atoms with Crippen molar-refractivity contribution in [1.82, 2.24) is 4.98 Å². The standard InChI is InChI=1S/C13H18N2O3S/c1-7-8(2)19-13(14-7)15-11(16)9-5-3-4-6-10(9)12(17)18/h9-10H,3-6H2,1-2H3,(H,17,18)(H,14,15,16)/t9-,10-/m0/s1. The summed E-state index contributed by atoms with van der Waals surface area (Å²) in [5.41, 5.74) is 0.902. The first-order chi connectivity index (χ1) is 8.99. The molecule has 1 amide bonds. The SMILES string of the molecule is Cc1nc(NC(=O)[C@H]2CCCC[C@@H]2C(=O)O)sc1C. The minimum absolute atomic E-state index is 0.208. The summed E-state index contributed by atoms with van der Waals surface area (Å²) in [4.78, 5) is 28.7. The van der Waals surface area contributed by atoms with Crippen molar-refractivity contribution >= 4 is 28.3 Å². The lowest BCUT2D eigenvalue weighted by molar-refractivity contribution is -0.147. The number of nitrogens with zero attached hydrogens (tertiary/aromatic N) is 1. The summed E-state index contributed by atoms with van der Waals surface area (Å²) in [6.45, 7) is 3.84. The molecule has 0 spiro atoms. The number of carbonyl (C=O) groups excluding carboxylic acids is 1. The summed E-state index contributed by atoms with van der Waals surface area (Å²) in [6, 6.07) is 0. The molecule has 1 heterocycles. The van der Waals surface area contributed by atoms with Crippen LogP contribution >= 0.6 is 11.3 Å². The molecule has 1 aromatic rings. The Balaban J connectivity index is 2.07. The summed E-state index contributed by atoms with van der Waals surface area (Å²) < 4.78 is 0. The van der Waals surface area contributed by atoms with Gasteiger partial charge in [0.25, 0.3) is 0 Å². The Bertz CT molecular complexity index is 479. The van der Waals surface area contributed by atoms with Crippen molar-refractivity contribution in [2.75, 3.05) is 5.32 Å². The highest BCUT2D eigenvalue weighted by Gasteiger charge is 2.35. The van der Waals surface area contributed by atoms with Gasteiger partial charge in [-0.15, -0.1) is 11.3 Å². The molecule has 0 radical (unpaired) electrons. The molecule has 2 rings (SSSR count). The number of rotatable bonds is 3. The zero-order valence-electron chi connectivity index (χ0n) is 11.1. The van der Waals surface area contributed by atoms with E-state index in [9.17, 15) is 14.7 Å². The van der Waals surface area contributed by atoms with Crippen LogP contribution in [0.3, 0.4) is 0 Å². The zero-order chi connectivity index (χ0) is 14.0. The van der Waals surface area contributed by atoms with Crippen molar-refractivity contribution in [2.45, 2.75) is 39.5 Å². The predicted molar refractivity (Wildman–Crippen MR) is 73.3 cm³/mol. The average Bonchev–Trinajstić information content (AvgIpc) is 2.68. The topological polar surface area (TPSA) is 79.3 Å². The maximum Gasteiger partial charge on any atom is 0.307 e. The summed E-state index contributed by atoms with van der Waals surface area (Å²) in [6.07, 6.45) is 3.03. The predicted octanol–water partition coefficient (Wildman–Crippen LogP) is 2.59. The third kappa shape index (κ3) is 3.12. The van der Waals surface area contributed by atoms with E-state index in [1.807, 2.05) is 13.8 Å². The number of aliphatic carboxylic acids is 1. The average molecular weight is 282 g/mol. The Morgan fingerprint density at radius 1 is 1.26 bits per heavy atom. The van der Waals surface area contributed by atoms with Gasteiger partial charge in [-0.25, -0.2) is 4.98 Å². The maximum absolute atomic E-state index is 12.2. The summed E-state index contributed by atoms with van der Waals surface area (Å²) in [5.74, 6) is -2.07. The highest BCUT2D eigenvalue weighted by molar-refractivity contribution is 7.15. The molecular weight excluding hydrogens is 264 g/mol. The lowest BCUT2D eigenvalue weighted by atomic mass is 9.79. The molecule has 2 atom stereocenters. The van der Waals surface area contributed by atoms with Gasteiger partial charge >= 0.3 is 5.97 Å². The van der Waals surface area contributed by atoms with E-state index in [4.69, 9.17) is 0 Å². The van der Waals surface area contributed by atoms with Crippen LogP contribution < -0.4 is 5.32 Å². The Kier molecular flexibility index (Phi) is 4.19. The van der Waals surface area contributed by atoms with Crippen LogP contribution in [0.15, 0.2) is 0 Å². The van der Waals surface area contributed by atoms with Crippen molar-refractivity contribution in [3.8, 4) is 0 Å². The molecular formula is C13H18N2O3S. The monoisotopic (exact) mass is 282 g/mol. The molecule has 6 heteroatoms. The van der Waals surface area contributed by atoms with Crippen molar-refractivity contribution in [3.63, 3.8) is 0 Å². The first kappa shape index (κ1) is 14.0. The number of hydrogen-bond donors (Lipinski definition) is 2. The molecule has 1 aliphatic carbocycles. The lowest BCUT2D eigenvalue weighted by Crippen LogP contribution is -2.36. The summed E-state index contributed by atoms with van der Waals surface area (Å²) >= 11 is 1.43. The maximum atomic E-state index is 12.2. The molecule has 104 valence electrons. The molecule has 0 aliphatic heterocycles. The lowest BCUT2D eigenvalue weighted by Gasteiger charge is -2.26. The van der Waals surface area contributed by atoms with Gasteiger partial charge in [-0.3, -0.25) is 9.59 Å². The normalized spacial score (nSPS) is 23.1. The molecule has 1 saturated carbocycles. The number of carbonyl (C=O) groups is 2. The van der Waals surface area contributed by atoms with Gasteiger partial charge in [-0.2, -0.15) is 0 Å². The molecule has 5 nitrogen and oxygen atoms in total. The fourth-order valence-electron chi connectivity index (χ4n) is 2.46. The van der Waals surface area contributed by atoms with E-state index in [0.717, 1.165) is 23.4 Å². The van der Waals surface area contributed by atoms with E-state index in [1.54, 1.807) is 0 Å². The van der Waals surface area contributed by atoms with Crippen LogP contribution in [-0.2, 0) is 9.59 Å². The highest BCUT2D eigenvalue weighted by Crippen LogP contribution is 2.32. The molecule has 0 unspecified atom stereocenters. The highest BCUT2D eigenvalue weighted by atomic mass is 32.1. The van der Waals surface area contributed by atoms with E-state index in [1.165, 1.54) is 11.3 Å². The first-order valence-electron chi connectivity index (χ1n) is 6.46. The minimum atomic E-state index is -0.869. The van der Waals surface area contributed by atoms with Crippen molar-refractivity contribution < 1.29 is 14.7 Å². The van der Waals surface area contributed by atoms with Crippen LogP contribution in [0.5, 0.6) is 0 Å². The van der Waals surface area contributed by atoms with E-state index in [2.05, 4.69) is 10.3 Å². The van der Waals surface area contributed by atoms with Crippen LogP contribution in [0.1, 0.15) is 36.3 Å². The number of amides is 1. The second kappa shape index (κ2) is 5.69. The van der Waals surface area contributed by atoms with Gasteiger partial charge in [0.05, 0.1) is 17.5 Å². The third-order valence-electron chi connectivity index (χ3n) is 3.68. The second-order valence-electron chi connectivity index (χ2n) is 4.99. The van der Waals surface area contributed by atoms with E-state index >= 15 is 0 Å². The van der Waals surface area contributed by atoms with Crippen molar-refractivity contribution in [1.29, 1.82) is 0 Å². The number of anilines is 1. The molecule has 0 aromatic carbocycles. The fourth-order valence-corrected chi connectivity index (χ4v) is 3.28. The Morgan fingerprint density at radius 2 is 1.89 bits per heavy atom. The Labute approximate surface area is 116 Å². The number of carboxylic acid groups (broad SMARTS) is 1. The third-order valence-corrected chi connectivity index (χ3v) is 4.67. The molecule has 0 saturated heterocycles. The molecule has 1 aliphatic rings. The van der Waals surface area contributed by atoms with Gasteiger partial charge in [0.1, 0.15) is 0 Å². The largest absolute Gasteiger partial charge is 0.481 e. The van der Waals surface area contributed by atoms with Gasteiger partial charge in [-0.1, -0.05) is 12.8 Å². The smallest absolute Gasteiger partial charge is 0.307 e. The zero-order valence-corrected chi connectivity index (χ0v) is 11.9. The second-order valence-corrected chi connectivity index (χ2v) is 6.19. The van der Waals surface area contributed by atoms with Gasteiger partial charge in [-0.05, 0) is 26.7 Å². The number of carboxylic acids is 1. The number of aromatic nitrogens is 1. The van der Waals surface area contributed by atoms with Crippen molar-refractivity contribution in [2.24, 2.45) is 11.8 Å². The molecule has 19 heavy (non-hydrogen) atoms. The van der Waals surface area contributed by atoms with E-state index in [0.29, 0.717) is 18.0 Å². The molecule has 1 fully saturated rings. The number of thiazole rings is 1. The van der Waals surface area contributed by atoms with Crippen LogP contribution in [0.4, 0.5) is 5.13 Å². The number of nitrogens with one attached hydrogen (secondary N) is 1. The molecule has 0 bridgehead atoms. The number of hydrogen-bond acceptors (Lipinski definition) is 4. The summed E-state index contributed by atoms with van der Waals surface area (Å²) in [7, 11) is 0. The van der Waals surface area contributed by atoms with Crippen LogP contribution in [0.25, 0.3) is 0 Å². The molecule has 1 aromatic heterocycles. The van der Waals surface area contributed by atoms with Gasteiger partial charge < -0.3 is 10.4 Å². The van der Waals surface area contributed by atoms with Gasteiger partial charge in [0.15, 0.2) is 5.13 Å². The summed E-state index contributed by atoms with van der Waals surface area (Å²) in [5, 5.41) is 12.5. The minimum Gasteiger partial charge on any atom is -0.481 e. The van der Waals surface area contributed by atoms with Crippen LogP contribution in [-0.4, -0.2) is 22.0 Å². The number of aryl methyl sites for hydroxylation is 2. The fraction of sp³-hybridized carbons (Fsp3) is 0.615. The van der Waals surface area contributed by atoms with Crippen LogP contribution in [0, 0.1) is 25.7 Å². The molecule has 2 N–H and O–H groups in total. The van der Waals surface area contributed by atoms with E-state index < -0.39 is 17.8 Å². The Hall–Kier alpha value is -1.43. The van der Waals surface area contributed by atoms with Gasteiger partial charge in [0, 0.05) is 4.88 Å². The van der Waals surface area contributed by atoms with Crippen LogP contribution in [0.2, 0.25) is 0 Å². The van der Waals surface area contributed by atoms with E-state index in [-0.39, 0.29) is 5.91 Å². The Morgan fingerprint density at radius 3 is 2.42 bits per heavy atom. The quantitative estimate of drug-likeness (QED) is 0.893.